The van der Waals surface area contributed by atoms with Crippen molar-refractivity contribution in [3.63, 3.8) is 0 Å². The average molecular weight is 462 g/mol. The van der Waals surface area contributed by atoms with Gasteiger partial charge in [0.15, 0.2) is 0 Å². The highest BCUT2D eigenvalue weighted by atomic mass is 79.9. The Morgan fingerprint density at radius 3 is 2.52 bits per heavy atom. The molecule has 2 aromatic rings. The number of carbonyl (C=O) groups is 2. The minimum absolute atomic E-state index is 0.0594. The SMILES string of the molecule is O=C(CCNC(=O)c1ccc(Cl)cc1)NCCSCc1ccc(Br)s1. The van der Waals surface area contributed by atoms with E-state index in [4.69, 9.17) is 11.6 Å². The topological polar surface area (TPSA) is 58.2 Å². The number of amides is 2. The predicted molar refractivity (Wildman–Crippen MR) is 110 cm³/mol. The summed E-state index contributed by atoms with van der Waals surface area (Å²) < 4.78 is 1.14. The molecule has 0 unspecified atom stereocenters. The third kappa shape index (κ3) is 7.81. The molecule has 0 spiro atoms. The third-order valence-electron chi connectivity index (χ3n) is 3.19. The van der Waals surface area contributed by atoms with Crippen LogP contribution in [0.15, 0.2) is 40.2 Å². The van der Waals surface area contributed by atoms with Crippen molar-refractivity contribution in [1.29, 1.82) is 0 Å². The first-order valence-corrected chi connectivity index (χ1v) is 10.8. The maximum Gasteiger partial charge on any atom is 0.251 e. The fourth-order valence-electron chi connectivity index (χ4n) is 1.95. The first-order chi connectivity index (χ1) is 12.0. The molecule has 1 aromatic heterocycles. The lowest BCUT2D eigenvalue weighted by Crippen LogP contribution is -2.31. The van der Waals surface area contributed by atoms with E-state index in [0.717, 1.165) is 15.3 Å². The number of benzene rings is 1. The van der Waals surface area contributed by atoms with Gasteiger partial charge in [0.1, 0.15) is 0 Å². The fourth-order valence-corrected chi connectivity index (χ4v) is 4.52. The van der Waals surface area contributed by atoms with Crippen LogP contribution in [0.4, 0.5) is 0 Å². The molecule has 2 amide bonds. The summed E-state index contributed by atoms with van der Waals surface area (Å²) in [5, 5.41) is 6.17. The zero-order valence-corrected chi connectivity index (χ0v) is 17.4. The minimum atomic E-state index is -0.206. The van der Waals surface area contributed by atoms with Crippen LogP contribution >= 0.6 is 50.6 Å². The number of thiophene rings is 1. The van der Waals surface area contributed by atoms with E-state index in [1.165, 1.54) is 4.88 Å². The van der Waals surface area contributed by atoms with E-state index in [-0.39, 0.29) is 18.2 Å². The van der Waals surface area contributed by atoms with Crippen LogP contribution < -0.4 is 10.6 Å². The standard InChI is InChI=1S/C17H18BrClN2O2S2/c18-15-6-5-14(25-15)11-24-10-9-20-16(22)7-8-21-17(23)12-1-3-13(19)4-2-12/h1-6H,7-11H2,(H,20,22)(H,21,23). The van der Waals surface area contributed by atoms with Gasteiger partial charge in [-0.2, -0.15) is 11.8 Å². The van der Waals surface area contributed by atoms with E-state index in [0.29, 0.717) is 23.7 Å². The van der Waals surface area contributed by atoms with Gasteiger partial charge in [-0.15, -0.1) is 11.3 Å². The average Bonchev–Trinajstić information content (AvgIpc) is 3.00. The van der Waals surface area contributed by atoms with Gasteiger partial charge < -0.3 is 10.6 Å². The van der Waals surface area contributed by atoms with Crippen molar-refractivity contribution in [2.75, 3.05) is 18.8 Å². The molecule has 1 aromatic carbocycles. The molecule has 2 N–H and O–H groups in total. The Morgan fingerprint density at radius 2 is 1.84 bits per heavy atom. The maximum atomic E-state index is 11.9. The number of thioether (sulfide) groups is 1. The quantitative estimate of drug-likeness (QED) is 0.546. The Kier molecular flexibility index (Phi) is 8.81. The summed E-state index contributed by atoms with van der Waals surface area (Å²) in [6.45, 7) is 0.935. The third-order valence-corrected chi connectivity index (χ3v) is 6.25. The number of halogens is 2. The molecule has 1 heterocycles. The van der Waals surface area contributed by atoms with E-state index < -0.39 is 0 Å². The van der Waals surface area contributed by atoms with Crippen molar-refractivity contribution < 1.29 is 9.59 Å². The van der Waals surface area contributed by atoms with Crippen molar-refractivity contribution in [2.24, 2.45) is 0 Å². The van der Waals surface area contributed by atoms with Gasteiger partial charge in [0.05, 0.1) is 3.79 Å². The second-order valence-corrected chi connectivity index (χ2v) is 9.21. The Bertz CT molecular complexity index is 707. The summed E-state index contributed by atoms with van der Waals surface area (Å²) in [6, 6.07) is 10.8. The number of carbonyl (C=O) groups excluding carboxylic acids is 2. The Balaban J connectivity index is 1.53. The highest BCUT2D eigenvalue weighted by Crippen LogP contribution is 2.25. The molecule has 0 saturated carbocycles. The zero-order chi connectivity index (χ0) is 18.1. The molecule has 134 valence electrons. The van der Waals surface area contributed by atoms with E-state index in [9.17, 15) is 9.59 Å². The molecule has 0 saturated heterocycles. The van der Waals surface area contributed by atoms with Gasteiger partial charge in [-0.1, -0.05) is 11.6 Å². The van der Waals surface area contributed by atoms with Crippen molar-refractivity contribution >= 4 is 62.4 Å². The van der Waals surface area contributed by atoms with Crippen LogP contribution in [0.3, 0.4) is 0 Å². The molecule has 2 rings (SSSR count). The van der Waals surface area contributed by atoms with Crippen LogP contribution in [0, 0.1) is 0 Å². The normalized spacial score (nSPS) is 10.5. The summed E-state index contributed by atoms with van der Waals surface area (Å²) in [5.41, 5.74) is 0.529. The van der Waals surface area contributed by atoms with Crippen molar-refractivity contribution in [3.8, 4) is 0 Å². The summed E-state index contributed by atoms with van der Waals surface area (Å²) in [7, 11) is 0. The van der Waals surface area contributed by atoms with Gasteiger partial charge in [0.2, 0.25) is 5.91 Å². The first-order valence-electron chi connectivity index (χ1n) is 7.67. The molecular weight excluding hydrogens is 444 g/mol. The Morgan fingerprint density at radius 1 is 1.08 bits per heavy atom. The molecule has 25 heavy (non-hydrogen) atoms. The first kappa shape index (κ1) is 20.3. The molecule has 4 nitrogen and oxygen atoms in total. The van der Waals surface area contributed by atoms with Crippen LogP contribution in [0.1, 0.15) is 21.7 Å². The lowest BCUT2D eigenvalue weighted by molar-refractivity contribution is -0.120. The van der Waals surface area contributed by atoms with Gasteiger partial charge in [0.25, 0.3) is 5.91 Å². The molecule has 0 radical (unpaired) electrons. The van der Waals surface area contributed by atoms with Crippen LogP contribution in [-0.2, 0) is 10.5 Å². The van der Waals surface area contributed by atoms with Gasteiger partial charge in [0, 0.05) is 46.5 Å². The Hall–Kier alpha value is -1.02. The summed E-state index contributed by atoms with van der Waals surface area (Å²) in [6.07, 6.45) is 0.266. The van der Waals surface area contributed by atoms with E-state index in [1.54, 1.807) is 47.4 Å². The molecule has 0 aliphatic carbocycles. The summed E-state index contributed by atoms with van der Waals surface area (Å²) in [4.78, 5) is 24.9. The highest BCUT2D eigenvalue weighted by molar-refractivity contribution is 9.11. The smallest absolute Gasteiger partial charge is 0.251 e. The zero-order valence-electron chi connectivity index (χ0n) is 13.4. The molecule has 0 atom stereocenters. The maximum absolute atomic E-state index is 11.9. The van der Waals surface area contributed by atoms with Crippen molar-refractivity contribution in [2.45, 2.75) is 12.2 Å². The lowest BCUT2D eigenvalue weighted by Gasteiger charge is -2.07. The monoisotopic (exact) mass is 460 g/mol. The predicted octanol–water partition coefficient (Wildman–Crippen LogP) is 4.33. The molecule has 8 heteroatoms. The summed E-state index contributed by atoms with van der Waals surface area (Å²) in [5.74, 6) is 1.54. The van der Waals surface area contributed by atoms with E-state index in [2.05, 4.69) is 32.6 Å². The minimum Gasteiger partial charge on any atom is -0.355 e. The van der Waals surface area contributed by atoms with Crippen molar-refractivity contribution in [3.05, 3.63) is 55.6 Å². The molecule has 0 aliphatic heterocycles. The van der Waals surface area contributed by atoms with Crippen LogP contribution in [0.25, 0.3) is 0 Å². The molecule has 0 fully saturated rings. The lowest BCUT2D eigenvalue weighted by atomic mass is 10.2. The van der Waals surface area contributed by atoms with Crippen LogP contribution in [-0.4, -0.2) is 30.7 Å². The summed E-state index contributed by atoms with van der Waals surface area (Å²) >= 11 is 12.7. The number of hydrogen-bond donors (Lipinski definition) is 2. The molecular formula is C17H18BrClN2O2S2. The van der Waals surface area contributed by atoms with Gasteiger partial charge in [-0.25, -0.2) is 0 Å². The fraction of sp³-hybridized carbons (Fsp3) is 0.294. The van der Waals surface area contributed by atoms with Crippen LogP contribution in [0.5, 0.6) is 0 Å². The van der Waals surface area contributed by atoms with Gasteiger partial charge >= 0.3 is 0 Å². The number of rotatable bonds is 9. The van der Waals surface area contributed by atoms with Gasteiger partial charge in [-0.05, 0) is 52.3 Å². The second-order valence-electron chi connectivity index (χ2n) is 5.12. The Labute approximate surface area is 168 Å². The molecule has 0 bridgehead atoms. The second kappa shape index (κ2) is 10.9. The van der Waals surface area contributed by atoms with Crippen LogP contribution in [0.2, 0.25) is 5.02 Å². The van der Waals surface area contributed by atoms with E-state index in [1.807, 2.05) is 6.07 Å². The highest BCUT2D eigenvalue weighted by Gasteiger charge is 2.06. The number of nitrogens with one attached hydrogen (secondary N) is 2. The molecule has 0 aliphatic rings. The van der Waals surface area contributed by atoms with E-state index >= 15 is 0 Å². The largest absolute Gasteiger partial charge is 0.355 e. The van der Waals surface area contributed by atoms with Gasteiger partial charge in [-0.3, -0.25) is 9.59 Å². The number of hydrogen-bond acceptors (Lipinski definition) is 4. The van der Waals surface area contributed by atoms with Crippen molar-refractivity contribution in [1.82, 2.24) is 10.6 Å².